The zero-order valence-corrected chi connectivity index (χ0v) is 14.4. The van der Waals surface area contributed by atoms with E-state index in [-0.39, 0.29) is 11.0 Å². The Morgan fingerprint density at radius 3 is 2.43 bits per heavy atom. The highest BCUT2D eigenvalue weighted by atomic mass is 35.5. The molecule has 0 amide bonds. The molecule has 0 fully saturated rings. The van der Waals surface area contributed by atoms with E-state index in [9.17, 15) is 9.90 Å². The summed E-state index contributed by atoms with van der Waals surface area (Å²) >= 11 is 6.12. The highest BCUT2D eigenvalue weighted by molar-refractivity contribution is 6.32. The Bertz CT molecular complexity index is 736. The minimum Gasteiger partial charge on any atom is -0.493 e. The predicted molar refractivity (Wildman–Crippen MR) is 93.4 cm³/mol. The molecule has 0 atom stereocenters. The van der Waals surface area contributed by atoms with Crippen molar-refractivity contribution in [3.63, 3.8) is 0 Å². The molecule has 122 valence electrons. The van der Waals surface area contributed by atoms with Crippen LogP contribution in [0.5, 0.6) is 5.75 Å². The van der Waals surface area contributed by atoms with Gasteiger partial charge in [0.2, 0.25) is 0 Å². The molecule has 0 unspecified atom stereocenters. The summed E-state index contributed by atoms with van der Waals surface area (Å²) in [5, 5.41) is 13.0. The van der Waals surface area contributed by atoms with Crippen LogP contribution in [0.1, 0.15) is 36.7 Å². The SMILES string of the molecule is COc1c(Cl)cccc1Nc1cc(C(C)(C)C)ccc1C(=O)O. The van der Waals surface area contributed by atoms with Crippen LogP contribution in [0.15, 0.2) is 36.4 Å². The van der Waals surface area contributed by atoms with E-state index in [1.165, 1.54) is 7.11 Å². The fraction of sp³-hybridized carbons (Fsp3) is 0.278. The average Bonchev–Trinajstić information content (AvgIpc) is 2.46. The molecular formula is C18H20ClNO3. The molecule has 0 spiro atoms. The molecule has 2 aromatic carbocycles. The molecule has 0 aliphatic rings. The van der Waals surface area contributed by atoms with E-state index in [1.807, 2.05) is 12.1 Å². The fourth-order valence-corrected chi connectivity index (χ4v) is 2.51. The second-order valence-electron chi connectivity index (χ2n) is 6.26. The smallest absolute Gasteiger partial charge is 0.337 e. The summed E-state index contributed by atoms with van der Waals surface area (Å²) < 4.78 is 5.30. The topological polar surface area (TPSA) is 58.6 Å². The lowest BCUT2D eigenvalue weighted by molar-refractivity contribution is 0.0698. The van der Waals surface area contributed by atoms with E-state index in [4.69, 9.17) is 16.3 Å². The van der Waals surface area contributed by atoms with Crippen molar-refractivity contribution >= 4 is 28.9 Å². The van der Waals surface area contributed by atoms with Crippen LogP contribution >= 0.6 is 11.6 Å². The number of carboxylic acid groups (broad SMARTS) is 1. The zero-order chi connectivity index (χ0) is 17.2. The monoisotopic (exact) mass is 333 g/mol. The summed E-state index contributed by atoms with van der Waals surface area (Å²) in [5.74, 6) is -0.513. The number of carboxylic acids is 1. The van der Waals surface area contributed by atoms with Crippen molar-refractivity contribution in [2.24, 2.45) is 0 Å². The van der Waals surface area contributed by atoms with E-state index < -0.39 is 5.97 Å². The van der Waals surface area contributed by atoms with Crippen LogP contribution in [-0.4, -0.2) is 18.2 Å². The summed E-state index contributed by atoms with van der Waals surface area (Å²) in [7, 11) is 1.52. The predicted octanol–water partition coefficient (Wildman–Crippen LogP) is 5.09. The van der Waals surface area contributed by atoms with Gasteiger partial charge in [-0.05, 0) is 35.2 Å². The maximum absolute atomic E-state index is 11.5. The molecule has 2 rings (SSSR count). The van der Waals surface area contributed by atoms with E-state index >= 15 is 0 Å². The second-order valence-corrected chi connectivity index (χ2v) is 6.67. The summed E-state index contributed by atoms with van der Waals surface area (Å²) in [6.07, 6.45) is 0. The molecule has 2 aromatic rings. The van der Waals surface area contributed by atoms with Gasteiger partial charge < -0.3 is 15.2 Å². The Hall–Kier alpha value is -2.20. The molecule has 2 N–H and O–H groups in total. The van der Waals surface area contributed by atoms with Gasteiger partial charge in [-0.2, -0.15) is 0 Å². The lowest BCUT2D eigenvalue weighted by Gasteiger charge is -2.21. The van der Waals surface area contributed by atoms with Gasteiger partial charge in [0.05, 0.1) is 29.1 Å². The minimum atomic E-state index is -0.992. The third-order valence-electron chi connectivity index (χ3n) is 3.56. The van der Waals surface area contributed by atoms with E-state index in [2.05, 4.69) is 26.1 Å². The number of methoxy groups -OCH3 is 1. The molecule has 0 radical (unpaired) electrons. The first-order chi connectivity index (χ1) is 10.7. The maximum Gasteiger partial charge on any atom is 0.337 e. The Kier molecular flexibility index (Phi) is 4.85. The van der Waals surface area contributed by atoms with Gasteiger partial charge in [-0.25, -0.2) is 4.79 Å². The van der Waals surface area contributed by atoms with Crippen molar-refractivity contribution < 1.29 is 14.6 Å². The van der Waals surface area contributed by atoms with Gasteiger partial charge in [-0.15, -0.1) is 0 Å². The number of benzene rings is 2. The molecule has 5 heteroatoms. The second kappa shape index (κ2) is 6.50. The molecule has 0 aliphatic heterocycles. The van der Waals surface area contributed by atoms with Crippen LogP contribution in [-0.2, 0) is 5.41 Å². The number of anilines is 2. The number of para-hydroxylation sites is 1. The Morgan fingerprint density at radius 2 is 1.87 bits per heavy atom. The Labute approximate surface area is 141 Å². The number of nitrogens with one attached hydrogen (secondary N) is 1. The van der Waals surface area contributed by atoms with Gasteiger partial charge in [0.1, 0.15) is 0 Å². The average molecular weight is 334 g/mol. The van der Waals surface area contributed by atoms with Gasteiger partial charge in [-0.1, -0.05) is 44.5 Å². The van der Waals surface area contributed by atoms with E-state index in [0.29, 0.717) is 22.1 Å². The van der Waals surface area contributed by atoms with Crippen molar-refractivity contribution in [2.45, 2.75) is 26.2 Å². The summed E-state index contributed by atoms with van der Waals surface area (Å²) in [6, 6.07) is 10.6. The molecule has 0 saturated carbocycles. The number of rotatable bonds is 4. The molecule has 4 nitrogen and oxygen atoms in total. The van der Waals surface area contributed by atoms with E-state index in [0.717, 1.165) is 5.56 Å². The first-order valence-electron chi connectivity index (χ1n) is 7.21. The summed E-state index contributed by atoms with van der Waals surface area (Å²) in [4.78, 5) is 11.5. The van der Waals surface area contributed by atoms with Gasteiger partial charge >= 0.3 is 5.97 Å². The molecule has 0 bridgehead atoms. The molecule has 0 heterocycles. The third kappa shape index (κ3) is 3.77. The minimum absolute atomic E-state index is 0.0914. The molecule has 0 aliphatic carbocycles. The first-order valence-corrected chi connectivity index (χ1v) is 7.59. The largest absolute Gasteiger partial charge is 0.493 e. The summed E-state index contributed by atoms with van der Waals surface area (Å²) in [5.41, 5.74) is 2.26. The van der Waals surface area contributed by atoms with Crippen molar-refractivity contribution in [1.29, 1.82) is 0 Å². The van der Waals surface area contributed by atoms with Crippen LogP contribution < -0.4 is 10.1 Å². The van der Waals surface area contributed by atoms with Crippen molar-refractivity contribution in [3.8, 4) is 5.75 Å². The van der Waals surface area contributed by atoms with Crippen LogP contribution in [0.25, 0.3) is 0 Å². The number of ether oxygens (including phenoxy) is 1. The number of halogens is 1. The Morgan fingerprint density at radius 1 is 1.17 bits per heavy atom. The van der Waals surface area contributed by atoms with Crippen LogP contribution in [0, 0.1) is 0 Å². The van der Waals surface area contributed by atoms with Gasteiger partial charge in [0.15, 0.2) is 5.75 Å². The van der Waals surface area contributed by atoms with Gasteiger partial charge in [0.25, 0.3) is 0 Å². The lowest BCUT2D eigenvalue weighted by atomic mass is 9.86. The van der Waals surface area contributed by atoms with Crippen LogP contribution in [0.3, 0.4) is 0 Å². The highest BCUT2D eigenvalue weighted by Crippen LogP contribution is 2.36. The third-order valence-corrected chi connectivity index (χ3v) is 3.85. The zero-order valence-electron chi connectivity index (χ0n) is 13.6. The number of hydrogen-bond acceptors (Lipinski definition) is 3. The van der Waals surface area contributed by atoms with Gasteiger partial charge in [0, 0.05) is 0 Å². The normalized spacial score (nSPS) is 11.2. The maximum atomic E-state index is 11.5. The van der Waals surface area contributed by atoms with Crippen molar-refractivity contribution in [1.82, 2.24) is 0 Å². The Balaban J connectivity index is 2.54. The van der Waals surface area contributed by atoms with Crippen LogP contribution in [0.2, 0.25) is 5.02 Å². The molecule has 0 aromatic heterocycles. The van der Waals surface area contributed by atoms with Gasteiger partial charge in [-0.3, -0.25) is 0 Å². The number of carbonyl (C=O) groups is 1. The van der Waals surface area contributed by atoms with Crippen molar-refractivity contribution in [3.05, 3.63) is 52.5 Å². The quantitative estimate of drug-likeness (QED) is 0.818. The summed E-state index contributed by atoms with van der Waals surface area (Å²) in [6.45, 7) is 6.23. The standard InChI is InChI=1S/C18H20ClNO3/c1-18(2,3)11-8-9-12(17(21)22)15(10-11)20-14-7-5-6-13(19)16(14)23-4/h5-10,20H,1-4H3,(H,21,22). The number of aromatic carboxylic acids is 1. The lowest BCUT2D eigenvalue weighted by Crippen LogP contribution is -2.13. The molecule has 23 heavy (non-hydrogen) atoms. The molecular weight excluding hydrogens is 314 g/mol. The van der Waals surface area contributed by atoms with E-state index in [1.54, 1.807) is 24.3 Å². The molecule has 0 saturated heterocycles. The van der Waals surface area contributed by atoms with Crippen molar-refractivity contribution in [2.75, 3.05) is 12.4 Å². The highest BCUT2D eigenvalue weighted by Gasteiger charge is 2.19. The number of hydrogen-bond donors (Lipinski definition) is 2. The fourth-order valence-electron chi connectivity index (χ4n) is 2.26. The first kappa shape index (κ1) is 17.2. The van der Waals surface area contributed by atoms with Crippen LogP contribution in [0.4, 0.5) is 11.4 Å².